The van der Waals surface area contributed by atoms with Crippen LogP contribution in [0, 0.1) is 0 Å². The minimum Gasteiger partial charge on any atom is -0.305 e. The number of para-hydroxylation sites is 1. The maximum atomic E-state index is 13.0. The van der Waals surface area contributed by atoms with Gasteiger partial charge in [0.05, 0.1) is 16.7 Å². The van der Waals surface area contributed by atoms with E-state index < -0.39 is 0 Å². The third-order valence-electron chi connectivity index (χ3n) is 4.34. The summed E-state index contributed by atoms with van der Waals surface area (Å²) in [7, 11) is 0. The van der Waals surface area contributed by atoms with E-state index in [4.69, 9.17) is 0 Å². The molecule has 0 bridgehead atoms. The zero-order chi connectivity index (χ0) is 18.6. The van der Waals surface area contributed by atoms with Crippen molar-refractivity contribution in [1.82, 2.24) is 9.97 Å². The standard InChI is InChI=1S/C22H18N4O/c1-2-14-26(16-8-4-3-5-9-16)22(27)25-20-15-19-17(10-6-12-23-19)18-11-7-13-24-21(18)20/h2-13,15H,1,14H2,(H,25,27). The van der Waals surface area contributed by atoms with Gasteiger partial charge in [0.15, 0.2) is 0 Å². The average Bonchev–Trinajstić information content (AvgIpc) is 2.72. The van der Waals surface area contributed by atoms with Gasteiger partial charge in [-0.05, 0) is 30.3 Å². The number of carbonyl (C=O) groups excluding carboxylic acids is 1. The Morgan fingerprint density at radius 3 is 2.52 bits per heavy atom. The Kier molecular flexibility index (Phi) is 4.49. The molecule has 2 aromatic carbocycles. The first-order chi connectivity index (χ1) is 13.3. The van der Waals surface area contributed by atoms with Gasteiger partial charge in [0.1, 0.15) is 0 Å². The first-order valence-electron chi connectivity index (χ1n) is 8.65. The van der Waals surface area contributed by atoms with Crippen LogP contribution in [0.1, 0.15) is 0 Å². The van der Waals surface area contributed by atoms with Gasteiger partial charge in [-0.1, -0.05) is 36.4 Å². The zero-order valence-corrected chi connectivity index (χ0v) is 14.7. The van der Waals surface area contributed by atoms with Crippen LogP contribution < -0.4 is 10.2 Å². The Balaban J connectivity index is 1.77. The molecule has 0 atom stereocenters. The number of nitrogens with one attached hydrogen (secondary N) is 1. The summed E-state index contributed by atoms with van der Waals surface area (Å²) in [5, 5.41) is 4.95. The van der Waals surface area contributed by atoms with Crippen molar-refractivity contribution in [2.75, 3.05) is 16.8 Å². The normalized spacial score (nSPS) is 10.7. The quantitative estimate of drug-likeness (QED) is 0.414. The van der Waals surface area contributed by atoms with Crippen LogP contribution >= 0.6 is 0 Å². The van der Waals surface area contributed by atoms with Crippen molar-refractivity contribution in [3.05, 3.63) is 85.7 Å². The second kappa shape index (κ2) is 7.25. The molecule has 27 heavy (non-hydrogen) atoms. The van der Waals surface area contributed by atoms with Gasteiger partial charge >= 0.3 is 6.03 Å². The average molecular weight is 354 g/mol. The largest absolute Gasteiger partial charge is 0.326 e. The van der Waals surface area contributed by atoms with Gasteiger partial charge in [0.2, 0.25) is 0 Å². The Bertz CT molecular complexity index is 1120. The summed E-state index contributed by atoms with van der Waals surface area (Å²) in [6.45, 7) is 4.16. The molecule has 5 heteroatoms. The fourth-order valence-electron chi connectivity index (χ4n) is 3.12. The number of nitrogens with zero attached hydrogens (tertiary/aromatic N) is 3. The number of rotatable bonds is 4. The molecule has 0 aliphatic carbocycles. The van der Waals surface area contributed by atoms with E-state index in [2.05, 4.69) is 21.9 Å². The van der Waals surface area contributed by atoms with Gasteiger partial charge in [-0.3, -0.25) is 14.9 Å². The number of urea groups is 1. The SMILES string of the molecule is C=CCN(C(=O)Nc1cc2ncccc2c2cccnc12)c1ccccc1. The number of benzene rings is 2. The maximum absolute atomic E-state index is 13.0. The Morgan fingerprint density at radius 2 is 1.74 bits per heavy atom. The third-order valence-corrected chi connectivity index (χ3v) is 4.34. The van der Waals surface area contributed by atoms with E-state index >= 15 is 0 Å². The molecular weight excluding hydrogens is 336 g/mol. The molecule has 2 amide bonds. The fraction of sp³-hybridized carbons (Fsp3) is 0.0455. The van der Waals surface area contributed by atoms with E-state index in [1.165, 1.54) is 0 Å². The van der Waals surface area contributed by atoms with Crippen molar-refractivity contribution in [3.63, 3.8) is 0 Å². The van der Waals surface area contributed by atoms with E-state index in [1.54, 1.807) is 23.4 Å². The number of amides is 2. The number of carbonyl (C=O) groups is 1. The Hall–Kier alpha value is -3.73. The molecule has 132 valence electrons. The molecule has 0 spiro atoms. The molecule has 1 N–H and O–H groups in total. The number of anilines is 2. The molecule has 4 rings (SSSR count). The van der Waals surface area contributed by atoms with Crippen molar-refractivity contribution in [1.29, 1.82) is 0 Å². The van der Waals surface area contributed by atoms with Gasteiger partial charge in [-0.25, -0.2) is 4.79 Å². The second-order valence-electron chi connectivity index (χ2n) is 6.06. The molecule has 0 fully saturated rings. The highest BCUT2D eigenvalue weighted by molar-refractivity contribution is 6.14. The van der Waals surface area contributed by atoms with Crippen LogP contribution in [0.4, 0.5) is 16.2 Å². The molecular formula is C22H18N4O. The molecule has 2 aromatic heterocycles. The molecule has 2 heterocycles. The van der Waals surface area contributed by atoms with Crippen molar-refractivity contribution < 1.29 is 4.79 Å². The fourth-order valence-corrected chi connectivity index (χ4v) is 3.12. The number of hydrogen-bond donors (Lipinski definition) is 1. The first-order valence-corrected chi connectivity index (χ1v) is 8.65. The Morgan fingerprint density at radius 1 is 1.00 bits per heavy atom. The number of pyridine rings is 2. The monoisotopic (exact) mass is 354 g/mol. The van der Waals surface area contributed by atoms with Crippen LogP contribution in [0.2, 0.25) is 0 Å². The third kappa shape index (κ3) is 3.22. The van der Waals surface area contributed by atoms with Crippen LogP contribution in [0.5, 0.6) is 0 Å². The lowest BCUT2D eigenvalue weighted by atomic mass is 10.1. The Labute approximate surface area is 157 Å². The lowest BCUT2D eigenvalue weighted by Crippen LogP contribution is -2.35. The van der Waals surface area contributed by atoms with Crippen molar-refractivity contribution in [2.45, 2.75) is 0 Å². The molecule has 0 saturated heterocycles. The van der Waals surface area contributed by atoms with Crippen molar-refractivity contribution in [2.24, 2.45) is 0 Å². The summed E-state index contributed by atoms with van der Waals surface area (Å²) in [4.78, 5) is 23.5. The van der Waals surface area contributed by atoms with E-state index in [-0.39, 0.29) is 6.03 Å². The predicted octanol–water partition coefficient (Wildman–Crippen LogP) is 5.01. The van der Waals surface area contributed by atoms with Gasteiger partial charge in [-0.15, -0.1) is 6.58 Å². The number of hydrogen-bond acceptors (Lipinski definition) is 3. The molecule has 0 aliphatic heterocycles. The van der Waals surface area contributed by atoms with Gasteiger partial charge < -0.3 is 5.32 Å². The van der Waals surface area contributed by atoms with E-state index in [0.717, 1.165) is 27.5 Å². The molecule has 0 unspecified atom stereocenters. The first kappa shape index (κ1) is 16.7. The lowest BCUT2D eigenvalue weighted by molar-refractivity contribution is 0.257. The highest BCUT2D eigenvalue weighted by Gasteiger charge is 2.17. The van der Waals surface area contributed by atoms with E-state index in [9.17, 15) is 4.79 Å². The zero-order valence-electron chi connectivity index (χ0n) is 14.7. The maximum Gasteiger partial charge on any atom is 0.326 e. The number of aromatic nitrogens is 2. The molecule has 0 radical (unpaired) electrons. The van der Waals surface area contributed by atoms with Gasteiger partial charge in [0.25, 0.3) is 0 Å². The van der Waals surface area contributed by atoms with Gasteiger partial charge in [-0.2, -0.15) is 0 Å². The molecule has 4 aromatic rings. The van der Waals surface area contributed by atoms with Crippen LogP contribution in [-0.4, -0.2) is 22.5 Å². The summed E-state index contributed by atoms with van der Waals surface area (Å²) in [6.07, 6.45) is 5.16. The molecule has 5 nitrogen and oxygen atoms in total. The summed E-state index contributed by atoms with van der Waals surface area (Å²) in [5.74, 6) is 0. The van der Waals surface area contributed by atoms with Crippen molar-refractivity contribution in [3.8, 4) is 0 Å². The smallest absolute Gasteiger partial charge is 0.305 e. The van der Waals surface area contributed by atoms with Crippen LogP contribution in [0.25, 0.3) is 21.8 Å². The van der Waals surface area contributed by atoms with Crippen molar-refractivity contribution >= 4 is 39.2 Å². The van der Waals surface area contributed by atoms with Crippen LogP contribution in [-0.2, 0) is 0 Å². The van der Waals surface area contributed by atoms with Gasteiger partial charge in [0, 0.05) is 35.4 Å². The number of fused-ring (bicyclic) bond motifs is 3. The van der Waals surface area contributed by atoms with Crippen LogP contribution in [0.3, 0.4) is 0 Å². The predicted molar refractivity (Wildman–Crippen MR) is 110 cm³/mol. The lowest BCUT2D eigenvalue weighted by Gasteiger charge is -2.22. The highest BCUT2D eigenvalue weighted by Crippen LogP contribution is 2.29. The summed E-state index contributed by atoms with van der Waals surface area (Å²) in [5.41, 5.74) is 2.97. The topological polar surface area (TPSA) is 58.1 Å². The molecule has 0 saturated carbocycles. The minimum atomic E-state index is -0.247. The summed E-state index contributed by atoms with van der Waals surface area (Å²) < 4.78 is 0. The van der Waals surface area contributed by atoms with E-state index in [0.29, 0.717) is 12.2 Å². The second-order valence-corrected chi connectivity index (χ2v) is 6.06. The summed E-state index contributed by atoms with van der Waals surface area (Å²) in [6, 6.07) is 18.9. The minimum absolute atomic E-state index is 0.247. The van der Waals surface area contributed by atoms with Crippen LogP contribution in [0.15, 0.2) is 85.7 Å². The summed E-state index contributed by atoms with van der Waals surface area (Å²) >= 11 is 0. The highest BCUT2D eigenvalue weighted by atomic mass is 16.2. The molecule has 0 aliphatic rings. The van der Waals surface area contributed by atoms with E-state index in [1.807, 2.05) is 60.7 Å².